The minimum atomic E-state index is -0.590. The van der Waals surface area contributed by atoms with Gasteiger partial charge in [0.2, 0.25) is 0 Å². The Morgan fingerprint density at radius 1 is 1.69 bits per heavy atom. The van der Waals surface area contributed by atoms with E-state index >= 15 is 0 Å². The third-order valence-corrected chi connectivity index (χ3v) is 2.91. The van der Waals surface area contributed by atoms with E-state index in [9.17, 15) is 0 Å². The maximum Gasteiger partial charge on any atom is 0.268 e. The number of nitrogens with zero attached hydrogens (tertiary/aromatic N) is 3. The fourth-order valence-electron chi connectivity index (χ4n) is 1.92. The molecule has 1 aliphatic heterocycles. The maximum absolute atomic E-state index is 7.23. The molecule has 2 N–H and O–H groups in total. The number of hydrogen-bond donors (Lipinski definition) is 1. The Kier molecular flexibility index (Phi) is 2.60. The molecular weight excluding hydrogens is 204 g/mol. The molecule has 1 aliphatic rings. The van der Waals surface area contributed by atoms with Crippen molar-refractivity contribution < 1.29 is 4.74 Å². The first-order valence-electron chi connectivity index (χ1n) is 5.36. The maximum atomic E-state index is 7.23. The van der Waals surface area contributed by atoms with Gasteiger partial charge in [0, 0.05) is 26.5 Å². The molecular formula is C11H16N4O. The lowest BCUT2D eigenvalue weighted by Gasteiger charge is -2.17. The zero-order chi connectivity index (χ0) is 11.8. The van der Waals surface area contributed by atoms with E-state index in [0.29, 0.717) is 12.4 Å². The molecule has 2 heterocycles. The minimum absolute atomic E-state index is 0.216. The van der Waals surface area contributed by atoms with Crippen LogP contribution in [0.1, 0.15) is 32.0 Å². The number of ether oxygens (including phenoxy) is 1. The highest BCUT2D eigenvalue weighted by molar-refractivity contribution is 5.34. The summed E-state index contributed by atoms with van der Waals surface area (Å²) in [5.74, 6) is 0.471. The molecule has 1 atom stereocenters. The molecule has 0 unspecified atom stereocenters. The zero-order valence-corrected chi connectivity index (χ0v) is 9.60. The Labute approximate surface area is 95.0 Å². The van der Waals surface area contributed by atoms with Crippen LogP contribution in [0.4, 0.5) is 5.82 Å². The van der Waals surface area contributed by atoms with Gasteiger partial charge in [-0.2, -0.15) is 5.10 Å². The standard InChI is InChI=1S/C11H16N4O/c1-11(2,13-3)9-6-10(12)14-15(9)8-4-5-16-7-8/h6,8H,4-5,7H2,1-2H3,(H2,12,14)/t8-/m1/s1. The first kappa shape index (κ1) is 11.0. The molecule has 1 aromatic heterocycles. The summed E-state index contributed by atoms with van der Waals surface area (Å²) in [5.41, 5.74) is 6.00. The monoisotopic (exact) mass is 220 g/mol. The van der Waals surface area contributed by atoms with E-state index < -0.39 is 5.54 Å². The molecule has 1 fully saturated rings. The summed E-state index contributed by atoms with van der Waals surface area (Å²) in [6.07, 6.45) is 0.933. The van der Waals surface area contributed by atoms with Crippen LogP contribution in [0, 0.1) is 6.57 Å². The third kappa shape index (κ3) is 1.76. The molecule has 1 aromatic rings. The average Bonchev–Trinajstić information content (AvgIpc) is 2.85. The predicted octanol–water partition coefficient (Wildman–Crippen LogP) is 1.58. The van der Waals surface area contributed by atoms with Crippen LogP contribution >= 0.6 is 0 Å². The fourth-order valence-corrected chi connectivity index (χ4v) is 1.92. The molecule has 2 rings (SSSR count). The highest BCUT2D eigenvalue weighted by Crippen LogP contribution is 2.30. The van der Waals surface area contributed by atoms with E-state index in [4.69, 9.17) is 17.0 Å². The van der Waals surface area contributed by atoms with Crippen molar-refractivity contribution in [1.29, 1.82) is 0 Å². The smallest absolute Gasteiger partial charge is 0.268 e. The van der Waals surface area contributed by atoms with E-state index in [1.54, 1.807) is 6.07 Å². The first-order valence-corrected chi connectivity index (χ1v) is 5.36. The molecule has 16 heavy (non-hydrogen) atoms. The summed E-state index contributed by atoms with van der Waals surface area (Å²) in [7, 11) is 0. The highest BCUT2D eigenvalue weighted by Gasteiger charge is 2.34. The fraction of sp³-hybridized carbons (Fsp3) is 0.636. The second kappa shape index (κ2) is 3.80. The zero-order valence-electron chi connectivity index (χ0n) is 9.60. The number of nitrogens with two attached hydrogens (primary N) is 1. The Balaban J connectivity index is 2.41. The topological polar surface area (TPSA) is 57.4 Å². The first-order chi connectivity index (χ1) is 7.54. The molecule has 0 amide bonds. The van der Waals surface area contributed by atoms with Crippen molar-refractivity contribution in [3.05, 3.63) is 23.2 Å². The molecule has 0 bridgehead atoms. The molecule has 0 aliphatic carbocycles. The Morgan fingerprint density at radius 2 is 2.44 bits per heavy atom. The Morgan fingerprint density at radius 3 is 3.00 bits per heavy atom. The van der Waals surface area contributed by atoms with Gasteiger partial charge in [0.05, 0.1) is 12.6 Å². The van der Waals surface area contributed by atoms with Crippen molar-refractivity contribution in [2.45, 2.75) is 31.8 Å². The summed E-state index contributed by atoms with van der Waals surface area (Å²) >= 11 is 0. The molecule has 86 valence electrons. The number of nitrogen functional groups attached to an aromatic ring is 1. The summed E-state index contributed by atoms with van der Waals surface area (Å²) in [6, 6.07) is 2.00. The second-order valence-electron chi connectivity index (χ2n) is 4.59. The summed E-state index contributed by atoms with van der Waals surface area (Å²) in [4.78, 5) is 3.63. The highest BCUT2D eigenvalue weighted by atomic mass is 16.5. The van der Waals surface area contributed by atoms with E-state index in [1.807, 2.05) is 18.5 Å². The van der Waals surface area contributed by atoms with Gasteiger partial charge in [0.15, 0.2) is 0 Å². The summed E-state index contributed by atoms with van der Waals surface area (Å²) < 4.78 is 7.20. The van der Waals surface area contributed by atoms with Crippen LogP contribution < -0.4 is 5.73 Å². The van der Waals surface area contributed by atoms with Gasteiger partial charge >= 0.3 is 0 Å². The number of aromatic nitrogens is 2. The van der Waals surface area contributed by atoms with Gasteiger partial charge < -0.3 is 15.3 Å². The van der Waals surface area contributed by atoms with Crippen LogP contribution in [-0.2, 0) is 10.3 Å². The van der Waals surface area contributed by atoms with Crippen molar-refractivity contribution in [2.24, 2.45) is 0 Å². The minimum Gasteiger partial charge on any atom is -0.382 e. The normalized spacial score (nSPS) is 20.9. The summed E-state index contributed by atoms with van der Waals surface area (Å²) in [5, 5.41) is 4.28. The van der Waals surface area contributed by atoms with Gasteiger partial charge in [-0.25, -0.2) is 6.57 Å². The van der Waals surface area contributed by atoms with Gasteiger partial charge in [-0.1, -0.05) is 0 Å². The number of anilines is 1. The van der Waals surface area contributed by atoms with Gasteiger partial charge in [0.1, 0.15) is 11.5 Å². The van der Waals surface area contributed by atoms with Crippen molar-refractivity contribution in [2.75, 3.05) is 18.9 Å². The predicted molar refractivity (Wildman–Crippen MR) is 60.7 cm³/mol. The van der Waals surface area contributed by atoms with Gasteiger partial charge in [0.25, 0.3) is 5.54 Å². The average molecular weight is 220 g/mol. The number of hydrogen-bond acceptors (Lipinski definition) is 3. The van der Waals surface area contributed by atoms with E-state index in [-0.39, 0.29) is 6.04 Å². The van der Waals surface area contributed by atoms with E-state index in [0.717, 1.165) is 18.7 Å². The quantitative estimate of drug-likeness (QED) is 0.770. The molecule has 0 spiro atoms. The van der Waals surface area contributed by atoms with E-state index in [1.165, 1.54) is 0 Å². The number of rotatable bonds is 2. The third-order valence-electron chi connectivity index (χ3n) is 2.91. The van der Waals surface area contributed by atoms with Crippen LogP contribution in [0.3, 0.4) is 0 Å². The van der Waals surface area contributed by atoms with Crippen molar-refractivity contribution >= 4 is 5.82 Å². The molecule has 1 saturated heterocycles. The molecule has 5 nitrogen and oxygen atoms in total. The van der Waals surface area contributed by atoms with Gasteiger partial charge in [-0.05, 0) is 6.42 Å². The van der Waals surface area contributed by atoms with Gasteiger partial charge in [-0.15, -0.1) is 0 Å². The van der Waals surface area contributed by atoms with Crippen molar-refractivity contribution in [3.63, 3.8) is 0 Å². The molecule has 0 radical (unpaired) electrons. The van der Waals surface area contributed by atoms with Gasteiger partial charge in [-0.3, -0.25) is 4.68 Å². The van der Waals surface area contributed by atoms with Crippen molar-refractivity contribution in [3.8, 4) is 0 Å². The Bertz CT molecular complexity index is 424. The largest absolute Gasteiger partial charge is 0.382 e. The lowest BCUT2D eigenvalue weighted by atomic mass is 10.0. The lowest BCUT2D eigenvalue weighted by molar-refractivity contribution is 0.183. The molecule has 0 aromatic carbocycles. The lowest BCUT2D eigenvalue weighted by Crippen LogP contribution is -2.22. The SMILES string of the molecule is [C-]#[N+]C(C)(C)c1cc(N)nn1[C@@H]1CCOC1. The van der Waals surface area contributed by atoms with Crippen LogP contribution in [0.15, 0.2) is 6.07 Å². The second-order valence-corrected chi connectivity index (χ2v) is 4.59. The van der Waals surface area contributed by atoms with Crippen LogP contribution in [-0.4, -0.2) is 23.0 Å². The summed E-state index contributed by atoms with van der Waals surface area (Å²) in [6.45, 7) is 12.4. The van der Waals surface area contributed by atoms with Crippen LogP contribution in [0.25, 0.3) is 4.85 Å². The molecule has 0 saturated carbocycles. The van der Waals surface area contributed by atoms with Crippen LogP contribution in [0.5, 0.6) is 0 Å². The van der Waals surface area contributed by atoms with E-state index in [2.05, 4.69) is 9.94 Å². The molecule has 5 heteroatoms. The Hall–Kier alpha value is -1.54. The van der Waals surface area contributed by atoms with Crippen LogP contribution in [0.2, 0.25) is 0 Å². The van der Waals surface area contributed by atoms with Crippen molar-refractivity contribution in [1.82, 2.24) is 9.78 Å².